The van der Waals surface area contributed by atoms with Gasteiger partial charge < -0.3 is 15.1 Å². The molecule has 0 unspecified atom stereocenters. The summed E-state index contributed by atoms with van der Waals surface area (Å²) in [6.07, 6.45) is 11.7. The summed E-state index contributed by atoms with van der Waals surface area (Å²) >= 11 is 0. The first-order valence-corrected chi connectivity index (χ1v) is 11.1. The highest BCUT2D eigenvalue weighted by Gasteiger charge is 2.26. The molecular formula is C26H26N6O. The van der Waals surface area contributed by atoms with Gasteiger partial charge in [-0.25, -0.2) is 9.97 Å². The van der Waals surface area contributed by atoms with Crippen molar-refractivity contribution in [3.05, 3.63) is 78.1 Å². The highest BCUT2D eigenvalue weighted by molar-refractivity contribution is 6.22. The lowest BCUT2D eigenvalue weighted by molar-refractivity contribution is 0.418. The summed E-state index contributed by atoms with van der Waals surface area (Å²) in [5.74, 6) is 1.51. The molecule has 4 aromatic rings. The number of allylic oxidation sites excluding steroid dienone is 2. The Morgan fingerprint density at radius 1 is 1.09 bits per heavy atom. The molecule has 166 valence electrons. The van der Waals surface area contributed by atoms with E-state index in [-0.39, 0.29) is 17.5 Å². The molecule has 1 atom stereocenters. The monoisotopic (exact) mass is 438 g/mol. The third-order valence-corrected chi connectivity index (χ3v) is 6.15. The molecule has 1 aliphatic rings. The van der Waals surface area contributed by atoms with E-state index < -0.39 is 0 Å². The summed E-state index contributed by atoms with van der Waals surface area (Å²) in [4.78, 5) is 18.5. The fourth-order valence-electron chi connectivity index (χ4n) is 4.29. The number of aliphatic hydroxyl groups excluding tert-OH is 1. The highest BCUT2D eigenvalue weighted by atomic mass is 16.3. The maximum absolute atomic E-state index is 10.2. The van der Waals surface area contributed by atoms with Crippen molar-refractivity contribution in [1.29, 1.82) is 5.41 Å². The van der Waals surface area contributed by atoms with E-state index in [4.69, 9.17) is 10.4 Å². The van der Waals surface area contributed by atoms with Gasteiger partial charge >= 0.3 is 0 Å². The summed E-state index contributed by atoms with van der Waals surface area (Å²) in [6, 6.07) is 7.83. The predicted octanol–water partition coefficient (Wildman–Crippen LogP) is 5.70. The predicted molar refractivity (Wildman–Crippen MR) is 129 cm³/mol. The van der Waals surface area contributed by atoms with Gasteiger partial charge in [-0.05, 0) is 51.8 Å². The van der Waals surface area contributed by atoms with Crippen LogP contribution < -0.4 is 0 Å². The van der Waals surface area contributed by atoms with Crippen LogP contribution in [-0.4, -0.2) is 35.3 Å². The van der Waals surface area contributed by atoms with Crippen molar-refractivity contribution in [1.82, 2.24) is 24.5 Å². The summed E-state index contributed by atoms with van der Waals surface area (Å²) < 4.78 is 2.14. The molecule has 0 amide bonds. The topological polar surface area (TPSA) is 101 Å². The molecule has 7 heteroatoms. The molecule has 4 heterocycles. The van der Waals surface area contributed by atoms with Crippen LogP contribution in [0.25, 0.3) is 27.7 Å². The van der Waals surface area contributed by atoms with Gasteiger partial charge in [0.05, 0.1) is 28.5 Å². The zero-order chi connectivity index (χ0) is 23.1. The van der Waals surface area contributed by atoms with E-state index in [2.05, 4.69) is 32.6 Å². The van der Waals surface area contributed by atoms with Crippen molar-refractivity contribution in [3.63, 3.8) is 0 Å². The van der Waals surface area contributed by atoms with Crippen LogP contribution >= 0.6 is 0 Å². The Labute approximate surface area is 192 Å². The van der Waals surface area contributed by atoms with Crippen LogP contribution in [0.4, 0.5) is 0 Å². The van der Waals surface area contributed by atoms with Gasteiger partial charge in [0.25, 0.3) is 0 Å². The molecule has 1 fully saturated rings. The van der Waals surface area contributed by atoms with Gasteiger partial charge in [0, 0.05) is 64.9 Å². The Bertz CT molecular complexity index is 1360. The van der Waals surface area contributed by atoms with Crippen LogP contribution in [0, 0.1) is 5.41 Å². The molecule has 1 saturated carbocycles. The van der Waals surface area contributed by atoms with Crippen molar-refractivity contribution < 1.29 is 5.11 Å². The molecule has 0 bridgehead atoms. The first-order valence-electron chi connectivity index (χ1n) is 11.1. The third-order valence-electron chi connectivity index (χ3n) is 6.15. The Hall–Kier alpha value is -3.87. The van der Waals surface area contributed by atoms with Crippen molar-refractivity contribution in [2.24, 2.45) is 0 Å². The standard InChI is InChI=1S/C26H26N6O/c1-15(27)24(17(3)33)19-10-23-25(29-11-19)21(20-12-30-26(31-13-20)18-7-8-18)14-32(23)16(2)22-6-4-5-9-28-22/h4-6,9-14,16,18,27,33H,7-8H2,1-3H3/b24-17+,27-15?/t16-/m0/s1. The van der Waals surface area contributed by atoms with Gasteiger partial charge in [0.15, 0.2) is 0 Å². The quantitative estimate of drug-likeness (QED) is 0.297. The summed E-state index contributed by atoms with van der Waals surface area (Å²) in [5, 5.41) is 18.3. The second-order valence-corrected chi connectivity index (χ2v) is 8.66. The zero-order valence-electron chi connectivity index (χ0n) is 18.9. The van der Waals surface area contributed by atoms with Crippen molar-refractivity contribution >= 4 is 22.3 Å². The smallest absolute Gasteiger partial charge is 0.131 e. The molecular weight excluding hydrogens is 412 g/mol. The second kappa shape index (κ2) is 8.24. The molecule has 7 nitrogen and oxygen atoms in total. The molecule has 1 aliphatic carbocycles. The summed E-state index contributed by atoms with van der Waals surface area (Å²) in [5.41, 5.74) is 5.98. The fraction of sp³-hybridized carbons (Fsp3) is 0.269. The number of nitrogens with zero attached hydrogens (tertiary/aromatic N) is 5. The highest BCUT2D eigenvalue weighted by Crippen LogP contribution is 2.39. The number of hydrogen-bond donors (Lipinski definition) is 2. The molecule has 0 saturated heterocycles. The normalized spacial score (nSPS) is 15.4. The molecule has 33 heavy (non-hydrogen) atoms. The SMILES string of the molecule is CC(=N)/C(=C(/C)O)c1cnc2c(-c3cnc(C4CC4)nc3)cn([C@@H](C)c3ccccn3)c2c1. The molecule has 0 aliphatic heterocycles. The third kappa shape index (κ3) is 3.91. The van der Waals surface area contributed by atoms with Gasteiger partial charge in [0.2, 0.25) is 0 Å². The second-order valence-electron chi connectivity index (χ2n) is 8.66. The van der Waals surface area contributed by atoms with Crippen LogP contribution in [0.15, 0.2) is 61.0 Å². The van der Waals surface area contributed by atoms with Crippen LogP contribution in [0.5, 0.6) is 0 Å². The van der Waals surface area contributed by atoms with E-state index in [9.17, 15) is 5.11 Å². The zero-order valence-corrected chi connectivity index (χ0v) is 18.9. The minimum absolute atomic E-state index is 0.0464. The summed E-state index contributed by atoms with van der Waals surface area (Å²) in [6.45, 7) is 5.36. The van der Waals surface area contributed by atoms with E-state index in [1.807, 2.05) is 36.7 Å². The van der Waals surface area contributed by atoms with Gasteiger partial charge in [-0.2, -0.15) is 0 Å². The van der Waals surface area contributed by atoms with Crippen LogP contribution in [0.3, 0.4) is 0 Å². The largest absolute Gasteiger partial charge is 0.512 e. The first kappa shape index (κ1) is 21.0. The molecule has 4 aromatic heterocycles. The lowest BCUT2D eigenvalue weighted by Crippen LogP contribution is -2.07. The van der Waals surface area contributed by atoms with Crippen molar-refractivity contribution in [2.45, 2.75) is 45.6 Å². The van der Waals surface area contributed by atoms with Gasteiger partial charge in [0.1, 0.15) is 5.82 Å². The Kier molecular flexibility index (Phi) is 5.24. The lowest BCUT2D eigenvalue weighted by atomic mass is 10.0. The van der Waals surface area contributed by atoms with E-state index in [1.54, 1.807) is 26.2 Å². The number of rotatable bonds is 6. The number of nitrogens with one attached hydrogen (secondary N) is 1. The van der Waals surface area contributed by atoms with Crippen molar-refractivity contribution in [3.8, 4) is 11.1 Å². The maximum atomic E-state index is 10.2. The van der Waals surface area contributed by atoms with E-state index in [0.29, 0.717) is 17.1 Å². The van der Waals surface area contributed by atoms with E-state index >= 15 is 0 Å². The number of pyridine rings is 2. The maximum Gasteiger partial charge on any atom is 0.131 e. The van der Waals surface area contributed by atoms with Crippen LogP contribution in [0.2, 0.25) is 0 Å². The van der Waals surface area contributed by atoms with Crippen LogP contribution in [0.1, 0.15) is 62.7 Å². The lowest BCUT2D eigenvalue weighted by Gasteiger charge is -2.15. The van der Waals surface area contributed by atoms with E-state index in [1.165, 1.54) is 0 Å². The minimum atomic E-state index is -0.0464. The van der Waals surface area contributed by atoms with Gasteiger partial charge in [-0.1, -0.05) is 6.07 Å². The Morgan fingerprint density at radius 2 is 1.85 bits per heavy atom. The molecule has 0 radical (unpaired) electrons. The Balaban J connectivity index is 1.69. The number of hydrogen-bond acceptors (Lipinski definition) is 6. The van der Waals surface area contributed by atoms with E-state index in [0.717, 1.165) is 46.5 Å². The molecule has 0 aromatic carbocycles. The Morgan fingerprint density at radius 3 is 2.45 bits per heavy atom. The average molecular weight is 439 g/mol. The van der Waals surface area contributed by atoms with Gasteiger partial charge in [-0.3, -0.25) is 9.97 Å². The van der Waals surface area contributed by atoms with Crippen molar-refractivity contribution in [2.75, 3.05) is 0 Å². The minimum Gasteiger partial charge on any atom is -0.512 e. The summed E-state index contributed by atoms with van der Waals surface area (Å²) in [7, 11) is 0. The first-order chi connectivity index (χ1) is 15.9. The molecule has 5 rings (SSSR count). The molecule has 0 spiro atoms. The number of aromatic nitrogens is 5. The van der Waals surface area contributed by atoms with Crippen LogP contribution in [-0.2, 0) is 0 Å². The molecule has 2 N–H and O–H groups in total. The number of fused-ring (bicyclic) bond motifs is 1. The number of aliphatic hydroxyl groups is 1. The average Bonchev–Trinajstić information content (AvgIpc) is 3.60. The van der Waals surface area contributed by atoms with Gasteiger partial charge in [-0.15, -0.1) is 0 Å². The fourth-order valence-corrected chi connectivity index (χ4v) is 4.29.